The summed E-state index contributed by atoms with van der Waals surface area (Å²) in [5.41, 5.74) is 0.419. The summed E-state index contributed by atoms with van der Waals surface area (Å²) in [6.07, 6.45) is 4.22. The third-order valence-electron chi connectivity index (χ3n) is 2.73. The Morgan fingerprint density at radius 2 is 2.38 bits per heavy atom. The monoisotopic (exact) mass is 217 g/mol. The Hall–Kier alpha value is -1.60. The lowest BCUT2D eigenvalue weighted by Crippen LogP contribution is -2.26. The van der Waals surface area contributed by atoms with Crippen LogP contribution < -0.4 is 4.74 Å². The Morgan fingerprint density at radius 1 is 1.56 bits per heavy atom. The van der Waals surface area contributed by atoms with Gasteiger partial charge in [-0.15, -0.1) is 0 Å². The minimum atomic E-state index is 0.419. The fourth-order valence-electron chi connectivity index (χ4n) is 1.54. The van der Waals surface area contributed by atoms with E-state index in [2.05, 4.69) is 16.9 Å². The summed E-state index contributed by atoms with van der Waals surface area (Å²) >= 11 is 0. The summed E-state index contributed by atoms with van der Waals surface area (Å²) < 4.78 is 5.54. The van der Waals surface area contributed by atoms with Crippen molar-refractivity contribution in [1.82, 2.24) is 9.88 Å². The Balaban J connectivity index is 1.74. The second-order valence-corrected chi connectivity index (χ2v) is 4.05. The van der Waals surface area contributed by atoms with Gasteiger partial charge >= 0.3 is 0 Å². The molecule has 0 bridgehead atoms. The maximum Gasteiger partial charge on any atom is 0.140 e. The number of hydrogen-bond acceptors (Lipinski definition) is 4. The number of pyridine rings is 1. The second kappa shape index (κ2) is 4.95. The molecule has 4 heteroatoms. The Labute approximate surface area is 95.5 Å². The molecule has 0 spiro atoms. The smallest absolute Gasteiger partial charge is 0.140 e. The summed E-state index contributed by atoms with van der Waals surface area (Å²) in [5.74, 6) is 0.725. The summed E-state index contributed by atoms with van der Waals surface area (Å²) in [5, 5.41) is 8.59. The first kappa shape index (κ1) is 10.9. The minimum absolute atomic E-state index is 0.419. The number of nitrogens with zero attached hydrogens (tertiary/aromatic N) is 3. The van der Waals surface area contributed by atoms with E-state index in [9.17, 15) is 0 Å². The van der Waals surface area contributed by atoms with E-state index in [4.69, 9.17) is 10.00 Å². The fourth-order valence-corrected chi connectivity index (χ4v) is 1.54. The van der Waals surface area contributed by atoms with Crippen molar-refractivity contribution in [2.75, 3.05) is 20.2 Å². The van der Waals surface area contributed by atoms with Crippen molar-refractivity contribution in [3.05, 3.63) is 24.0 Å². The predicted molar refractivity (Wildman–Crippen MR) is 60.1 cm³/mol. The van der Waals surface area contributed by atoms with Crippen LogP contribution in [0.1, 0.15) is 18.5 Å². The van der Waals surface area contributed by atoms with Gasteiger partial charge in [-0.05, 0) is 32.0 Å². The maximum absolute atomic E-state index is 8.59. The molecule has 1 aromatic heterocycles. The van der Waals surface area contributed by atoms with E-state index in [0.29, 0.717) is 12.3 Å². The van der Waals surface area contributed by atoms with Gasteiger partial charge in [0.2, 0.25) is 0 Å². The van der Waals surface area contributed by atoms with Crippen LogP contribution in [-0.2, 0) is 0 Å². The molecular formula is C12H15N3O. The first-order valence-electron chi connectivity index (χ1n) is 5.49. The van der Waals surface area contributed by atoms with E-state index in [1.165, 1.54) is 12.8 Å². The van der Waals surface area contributed by atoms with Crippen molar-refractivity contribution in [3.8, 4) is 11.8 Å². The van der Waals surface area contributed by atoms with Crippen LogP contribution in [0.5, 0.6) is 5.75 Å². The highest BCUT2D eigenvalue weighted by Crippen LogP contribution is 2.24. The van der Waals surface area contributed by atoms with Gasteiger partial charge in [-0.25, -0.2) is 4.98 Å². The molecule has 0 radical (unpaired) electrons. The van der Waals surface area contributed by atoms with Gasteiger partial charge in [-0.2, -0.15) is 5.26 Å². The second-order valence-electron chi connectivity index (χ2n) is 4.05. The molecule has 16 heavy (non-hydrogen) atoms. The Kier molecular flexibility index (Phi) is 3.37. The molecular weight excluding hydrogens is 202 g/mol. The van der Waals surface area contributed by atoms with Crippen LogP contribution in [-0.4, -0.2) is 36.1 Å². The van der Waals surface area contributed by atoms with E-state index < -0.39 is 0 Å². The van der Waals surface area contributed by atoms with Crippen molar-refractivity contribution in [2.24, 2.45) is 0 Å². The highest BCUT2D eigenvalue weighted by atomic mass is 16.5. The van der Waals surface area contributed by atoms with Crippen LogP contribution in [0.2, 0.25) is 0 Å². The van der Waals surface area contributed by atoms with Crippen LogP contribution >= 0.6 is 0 Å². The summed E-state index contributed by atoms with van der Waals surface area (Å²) in [6, 6.07) is 6.19. The zero-order chi connectivity index (χ0) is 11.4. The molecule has 1 saturated carbocycles. The molecule has 0 amide bonds. The molecule has 4 nitrogen and oxygen atoms in total. The molecule has 0 N–H and O–H groups in total. The highest BCUT2D eigenvalue weighted by Gasteiger charge is 2.25. The summed E-state index contributed by atoms with van der Waals surface area (Å²) in [6.45, 7) is 1.60. The molecule has 0 aromatic carbocycles. The maximum atomic E-state index is 8.59. The lowest BCUT2D eigenvalue weighted by molar-refractivity contribution is 0.231. The van der Waals surface area contributed by atoms with Gasteiger partial charge in [0.15, 0.2) is 0 Å². The molecule has 84 valence electrons. The number of rotatable bonds is 5. The summed E-state index contributed by atoms with van der Waals surface area (Å²) in [7, 11) is 2.12. The van der Waals surface area contributed by atoms with Crippen molar-refractivity contribution in [1.29, 1.82) is 5.26 Å². The fraction of sp³-hybridized carbons (Fsp3) is 0.500. The van der Waals surface area contributed by atoms with Gasteiger partial charge in [0.25, 0.3) is 0 Å². The highest BCUT2D eigenvalue weighted by molar-refractivity contribution is 5.26. The largest absolute Gasteiger partial charge is 0.491 e. The number of ether oxygens (including phenoxy) is 1. The van der Waals surface area contributed by atoms with Gasteiger partial charge < -0.3 is 9.64 Å². The molecule has 0 saturated heterocycles. The third-order valence-corrected chi connectivity index (χ3v) is 2.73. The summed E-state index contributed by atoms with van der Waals surface area (Å²) in [4.78, 5) is 6.26. The zero-order valence-electron chi connectivity index (χ0n) is 9.39. The van der Waals surface area contributed by atoms with Crippen molar-refractivity contribution in [2.45, 2.75) is 18.9 Å². The lowest BCUT2D eigenvalue weighted by atomic mass is 10.4. The molecule has 1 aliphatic rings. The van der Waals surface area contributed by atoms with Gasteiger partial charge in [-0.1, -0.05) is 0 Å². The van der Waals surface area contributed by atoms with Crippen LogP contribution in [0.15, 0.2) is 18.3 Å². The lowest BCUT2D eigenvalue weighted by Gasteiger charge is -2.15. The number of hydrogen-bond donors (Lipinski definition) is 0. The molecule has 0 aliphatic heterocycles. The first-order chi connectivity index (χ1) is 7.79. The molecule has 1 aliphatic carbocycles. The molecule has 2 rings (SSSR count). The average Bonchev–Trinajstić information content (AvgIpc) is 3.14. The predicted octanol–water partition coefficient (Wildman–Crippen LogP) is 1.43. The molecule has 1 heterocycles. The van der Waals surface area contributed by atoms with Crippen LogP contribution in [0, 0.1) is 11.3 Å². The molecule has 0 atom stereocenters. The van der Waals surface area contributed by atoms with E-state index in [1.807, 2.05) is 6.07 Å². The Bertz CT molecular complexity index is 378. The van der Waals surface area contributed by atoms with Crippen LogP contribution in [0.25, 0.3) is 0 Å². The first-order valence-corrected chi connectivity index (χ1v) is 5.49. The van der Waals surface area contributed by atoms with Gasteiger partial charge in [-0.3, -0.25) is 0 Å². The molecule has 1 aromatic rings. The zero-order valence-corrected chi connectivity index (χ0v) is 9.39. The standard InChI is InChI=1S/C12H15N3O/c1-15(11-3-4-11)6-7-16-12-5-2-10(8-13)14-9-12/h2,5,9,11H,3-4,6-7H2,1H3. The van der Waals surface area contributed by atoms with Crippen molar-refractivity contribution >= 4 is 0 Å². The number of likely N-dealkylation sites (N-methyl/N-ethyl adjacent to an activating group) is 1. The third kappa shape index (κ3) is 2.94. The van der Waals surface area contributed by atoms with Crippen molar-refractivity contribution in [3.63, 3.8) is 0 Å². The molecule has 0 unspecified atom stereocenters. The van der Waals surface area contributed by atoms with E-state index in [1.54, 1.807) is 18.3 Å². The number of aromatic nitrogens is 1. The number of nitriles is 1. The minimum Gasteiger partial charge on any atom is -0.491 e. The van der Waals surface area contributed by atoms with Gasteiger partial charge in [0.1, 0.15) is 24.1 Å². The van der Waals surface area contributed by atoms with E-state index in [0.717, 1.165) is 18.3 Å². The van der Waals surface area contributed by atoms with Gasteiger partial charge in [0, 0.05) is 12.6 Å². The SMILES string of the molecule is CN(CCOc1ccc(C#N)nc1)C1CC1. The van der Waals surface area contributed by atoms with E-state index >= 15 is 0 Å². The average molecular weight is 217 g/mol. The van der Waals surface area contributed by atoms with Crippen LogP contribution in [0.4, 0.5) is 0 Å². The molecule has 1 fully saturated rings. The quantitative estimate of drug-likeness (QED) is 0.748. The van der Waals surface area contributed by atoms with E-state index in [-0.39, 0.29) is 0 Å². The van der Waals surface area contributed by atoms with Crippen molar-refractivity contribution < 1.29 is 4.74 Å². The van der Waals surface area contributed by atoms with Crippen LogP contribution in [0.3, 0.4) is 0 Å². The topological polar surface area (TPSA) is 49.1 Å². The normalized spacial score (nSPS) is 14.8. The Morgan fingerprint density at radius 3 is 2.94 bits per heavy atom. The van der Waals surface area contributed by atoms with Gasteiger partial charge in [0.05, 0.1) is 6.20 Å².